The maximum Gasteiger partial charge on any atom is 0.0843 e. The van der Waals surface area contributed by atoms with Crippen LogP contribution in [-0.4, -0.2) is 24.0 Å². The van der Waals surface area contributed by atoms with E-state index in [1.54, 1.807) is 0 Å². The molecule has 18 heavy (non-hydrogen) atoms. The largest absolute Gasteiger partial charge is 0.327 e. The van der Waals surface area contributed by atoms with Gasteiger partial charge in [-0.3, -0.25) is 4.90 Å². The molecular formula is C13H18Br2N2S. The van der Waals surface area contributed by atoms with Gasteiger partial charge in [0.1, 0.15) is 0 Å². The number of halogens is 2. The Balaban J connectivity index is 1.65. The molecule has 2 heterocycles. The first-order valence-corrected chi connectivity index (χ1v) is 8.95. The molecule has 0 aromatic carbocycles. The van der Waals surface area contributed by atoms with Crippen molar-refractivity contribution in [3.8, 4) is 0 Å². The zero-order chi connectivity index (χ0) is 12.7. The Hall–Kier alpha value is 0.580. The summed E-state index contributed by atoms with van der Waals surface area (Å²) >= 11 is 8.96. The molecule has 1 aliphatic carbocycles. The summed E-state index contributed by atoms with van der Waals surface area (Å²) in [7, 11) is 0. The summed E-state index contributed by atoms with van der Waals surface area (Å²) in [6, 6.07) is 2.67. The lowest BCUT2D eigenvalue weighted by molar-refractivity contribution is 0.259. The fraction of sp³-hybridized carbons (Fsp3) is 0.692. The van der Waals surface area contributed by atoms with Gasteiger partial charge in [-0.1, -0.05) is 6.42 Å². The smallest absolute Gasteiger partial charge is 0.0843 e. The molecule has 0 amide bonds. The zero-order valence-electron chi connectivity index (χ0n) is 10.2. The highest BCUT2D eigenvalue weighted by molar-refractivity contribution is 9.13. The monoisotopic (exact) mass is 392 g/mol. The molecule has 100 valence electrons. The topological polar surface area (TPSA) is 29.3 Å². The number of rotatable bonds is 2. The van der Waals surface area contributed by atoms with Gasteiger partial charge in [0.15, 0.2) is 0 Å². The van der Waals surface area contributed by atoms with Crippen molar-refractivity contribution in [2.45, 2.75) is 31.8 Å². The van der Waals surface area contributed by atoms with Gasteiger partial charge in [-0.2, -0.15) is 0 Å². The SMILES string of the molecule is NC1CCCC2CN(Cc3cc(Br)c(Br)s3)CC12. The van der Waals surface area contributed by atoms with Gasteiger partial charge in [0, 0.05) is 35.0 Å². The summed E-state index contributed by atoms with van der Waals surface area (Å²) in [5, 5.41) is 0. The van der Waals surface area contributed by atoms with Crippen LogP contribution in [0.5, 0.6) is 0 Å². The summed E-state index contributed by atoms with van der Waals surface area (Å²) in [6.45, 7) is 3.51. The lowest BCUT2D eigenvalue weighted by Crippen LogP contribution is -2.38. The quantitative estimate of drug-likeness (QED) is 0.827. The third kappa shape index (κ3) is 2.70. The van der Waals surface area contributed by atoms with Gasteiger partial charge in [-0.05, 0) is 62.6 Å². The molecule has 0 spiro atoms. The van der Waals surface area contributed by atoms with Crippen molar-refractivity contribution >= 4 is 43.2 Å². The molecule has 2 aliphatic rings. The molecule has 2 nitrogen and oxygen atoms in total. The number of hydrogen-bond acceptors (Lipinski definition) is 3. The Morgan fingerprint density at radius 2 is 2.17 bits per heavy atom. The standard InChI is InChI=1S/C13H18Br2N2S/c14-11-4-9(18-13(11)15)6-17-5-8-2-1-3-12(16)10(8)7-17/h4,8,10,12H,1-3,5-7,16H2. The summed E-state index contributed by atoms with van der Waals surface area (Å²) < 4.78 is 2.38. The van der Waals surface area contributed by atoms with Gasteiger partial charge in [-0.25, -0.2) is 0 Å². The van der Waals surface area contributed by atoms with E-state index in [2.05, 4.69) is 42.8 Å². The maximum absolute atomic E-state index is 6.26. The van der Waals surface area contributed by atoms with Gasteiger partial charge in [-0.15, -0.1) is 11.3 Å². The molecule has 0 bridgehead atoms. The number of nitrogens with two attached hydrogens (primary N) is 1. The Morgan fingerprint density at radius 1 is 1.33 bits per heavy atom. The first kappa shape index (κ1) is 13.6. The van der Waals surface area contributed by atoms with Crippen LogP contribution in [0.4, 0.5) is 0 Å². The van der Waals surface area contributed by atoms with E-state index in [-0.39, 0.29) is 0 Å². The Bertz CT molecular complexity index is 415. The second kappa shape index (κ2) is 5.52. The number of hydrogen-bond donors (Lipinski definition) is 1. The van der Waals surface area contributed by atoms with Crippen molar-refractivity contribution in [2.24, 2.45) is 17.6 Å². The third-order valence-electron chi connectivity index (χ3n) is 4.31. The summed E-state index contributed by atoms with van der Waals surface area (Å²) in [5.41, 5.74) is 6.26. The minimum atomic E-state index is 0.440. The van der Waals surface area contributed by atoms with Crippen LogP contribution in [0.25, 0.3) is 0 Å². The van der Waals surface area contributed by atoms with Gasteiger partial charge >= 0.3 is 0 Å². The van der Waals surface area contributed by atoms with Crippen molar-refractivity contribution < 1.29 is 0 Å². The molecule has 3 atom stereocenters. The van der Waals surface area contributed by atoms with E-state index in [4.69, 9.17) is 5.73 Å². The molecule has 3 unspecified atom stereocenters. The van der Waals surface area contributed by atoms with Crippen LogP contribution in [-0.2, 0) is 6.54 Å². The first-order chi connectivity index (χ1) is 8.63. The molecule has 1 aliphatic heterocycles. The fourth-order valence-electron chi connectivity index (χ4n) is 3.43. The Labute approximate surface area is 129 Å². The molecule has 2 fully saturated rings. The Kier molecular flexibility index (Phi) is 4.16. The molecular weight excluding hydrogens is 376 g/mol. The van der Waals surface area contributed by atoms with Crippen LogP contribution in [0, 0.1) is 11.8 Å². The van der Waals surface area contributed by atoms with Crippen LogP contribution in [0.1, 0.15) is 24.1 Å². The number of fused-ring (bicyclic) bond motifs is 1. The minimum absolute atomic E-state index is 0.440. The van der Waals surface area contributed by atoms with Crippen molar-refractivity contribution in [3.63, 3.8) is 0 Å². The van der Waals surface area contributed by atoms with Crippen LogP contribution in [0.15, 0.2) is 14.3 Å². The molecule has 2 N–H and O–H groups in total. The van der Waals surface area contributed by atoms with Crippen molar-refractivity contribution in [3.05, 3.63) is 19.2 Å². The average molecular weight is 394 g/mol. The van der Waals surface area contributed by atoms with Crippen LogP contribution in [0.3, 0.4) is 0 Å². The van der Waals surface area contributed by atoms with E-state index < -0.39 is 0 Å². The van der Waals surface area contributed by atoms with Crippen molar-refractivity contribution in [1.82, 2.24) is 4.90 Å². The molecule has 0 radical (unpaired) electrons. The van der Waals surface area contributed by atoms with Crippen molar-refractivity contribution in [1.29, 1.82) is 0 Å². The summed E-state index contributed by atoms with van der Waals surface area (Å²) in [4.78, 5) is 4.02. The maximum atomic E-state index is 6.26. The van der Waals surface area contributed by atoms with Crippen LogP contribution < -0.4 is 5.73 Å². The van der Waals surface area contributed by atoms with E-state index in [1.807, 2.05) is 11.3 Å². The highest BCUT2D eigenvalue weighted by Gasteiger charge is 2.38. The van der Waals surface area contributed by atoms with Gasteiger partial charge in [0.25, 0.3) is 0 Å². The van der Waals surface area contributed by atoms with E-state index in [0.717, 1.165) is 18.4 Å². The lowest BCUT2D eigenvalue weighted by atomic mass is 9.78. The van der Waals surface area contributed by atoms with E-state index in [0.29, 0.717) is 6.04 Å². The Morgan fingerprint density at radius 3 is 2.83 bits per heavy atom. The fourth-order valence-corrected chi connectivity index (χ4v) is 5.65. The normalized spacial score (nSPS) is 32.7. The van der Waals surface area contributed by atoms with Crippen molar-refractivity contribution in [2.75, 3.05) is 13.1 Å². The van der Waals surface area contributed by atoms with E-state index in [1.165, 1.54) is 45.5 Å². The number of nitrogens with zero attached hydrogens (tertiary/aromatic N) is 1. The predicted octanol–water partition coefficient (Wildman–Crippen LogP) is 3.83. The molecule has 5 heteroatoms. The highest BCUT2D eigenvalue weighted by atomic mass is 79.9. The van der Waals surface area contributed by atoms with Gasteiger partial charge < -0.3 is 5.73 Å². The average Bonchev–Trinajstić information content (AvgIpc) is 2.85. The van der Waals surface area contributed by atoms with Crippen LogP contribution >= 0.6 is 43.2 Å². The highest BCUT2D eigenvalue weighted by Crippen LogP contribution is 2.38. The number of thiophene rings is 1. The first-order valence-electron chi connectivity index (χ1n) is 6.55. The van der Waals surface area contributed by atoms with E-state index in [9.17, 15) is 0 Å². The zero-order valence-corrected chi connectivity index (χ0v) is 14.2. The lowest BCUT2D eigenvalue weighted by Gasteiger charge is -2.29. The second-order valence-corrected chi connectivity index (χ2v) is 8.86. The molecule has 1 aromatic rings. The molecule has 1 aromatic heterocycles. The van der Waals surface area contributed by atoms with Gasteiger partial charge in [0.05, 0.1) is 3.79 Å². The third-order valence-corrected chi connectivity index (χ3v) is 7.55. The molecule has 1 saturated heterocycles. The second-order valence-electron chi connectivity index (χ2n) is 5.55. The molecule has 1 saturated carbocycles. The van der Waals surface area contributed by atoms with E-state index >= 15 is 0 Å². The van der Waals surface area contributed by atoms with Gasteiger partial charge in [0.2, 0.25) is 0 Å². The minimum Gasteiger partial charge on any atom is -0.327 e. The molecule has 3 rings (SSSR count). The summed E-state index contributed by atoms with van der Waals surface area (Å²) in [5.74, 6) is 1.59. The predicted molar refractivity (Wildman–Crippen MR) is 83.8 cm³/mol. The van der Waals surface area contributed by atoms with Crippen LogP contribution in [0.2, 0.25) is 0 Å². The summed E-state index contributed by atoms with van der Waals surface area (Å²) in [6.07, 6.45) is 3.93. The number of likely N-dealkylation sites (tertiary alicyclic amines) is 1.